The second kappa shape index (κ2) is 11.3. The Balaban J connectivity index is 3.26. The van der Waals surface area contributed by atoms with E-state index in [0.717, 1.165) is 25.7 Å². The molecular weight excluding hydrogens is 224 g/mol. The molecule has 3 N–H and O–H groups in total. The zero-order valence-electron chi connectivity index (χ0n) is 10.4. The largest absolute Gasteiger partial charge is 0.464 e. The van der Waals surface area contributed by atoms with Crippen LogP contribution in [0.2, 0.25) is 0 Å². The summed E-state index contributed by atoms with van der Waals surface area (Å²) in [6.45, 7) is 0.790. The number of carbonyl (C=O) groups is 2. The molecule has 0 spiro atoms. The quantitative estimate of drug-likeness (QED) is 0.412. The number of amides is 1. The maximum absolute atomic E-state index is 11.1. The van der Waals surface area contributed by atoms with E-state index in [1.54, 1.807) is 0 Å². The number of likely N-dealkylation sites (N-methyl/N-ethyl adjacent to an activating group) is 1. The molecule has 0 aromatic heterocycles. The van der Waals surface area contributed by atoms with Crippen molar-refractivity contribution in [3.63, 3.8) is 0 Å². The molecule has 0 bridgehead atoms. The first-order chi connectivity index (χ1) is 8.20. The van der Waals surface area contributed by atoms with Gasteiger partial charge in [-0.05, 0) is 19.4 Å². The van der Waals surface area contributed by atoms with Crippen LogP contribution in [0.25, 0.3) is 0 Å². The van der Waals surface area contributed by atoms with Crippen molar-refractivity contribution in [3.8, 4) is 0 Å². The van der Waals surface area contributed by atoms with Crippen molar-refractivity contribution in [2.24, 2.45) is 5.73 Å². The van der Waals surface area contributed by atoms with E-state index in [-0.39, 0.29) is 19.1 Å². The van der Waals surface area contributed by atoms with Crippen molar-refractivity contribution < 1.29 is 19.1 Å². The molecule has 0 unspecified atom stereocenters. The molecule has 0 radical (unpaired) electrons. The maximum atomic E-state index is 11.1. The van der Waals surface area contributed by atoms with Crippen LogP contribution in [0.15, 0.2) is 0 Å². The minimum atomic E-state index is -0.437. The number of esters is 1. The molecule has 0 heterocycles. The third-order valence-electron chi connectivity index (χ3n) is 2.09. The van der Waals surface area contributed by atoms with Crippen molar-refractivity contribution in [2.45, 2.75) is 25.7 Å². The zero-order valence-corrected chi connectivity index (χ0v) is 10.4. The number of unbranched alkanes of at least 4 members (excludes halogenated alkanes) is 3. The minimum absolute atomic E-state index is 0.123. The summed E-state index contributed by atoms with van der Waals surface area (Å²) in [6.07, 6.45) is 3.90. The van der Waals surface area contributed by atoms with Crippen LogP contribution in [0.5, 0.6) is 0 Å². The molecule has 0 saturated carbocycles. The maximum Gasteiger partial charge on any atom is 0.332 e. The number of hydrogen-bond donors (Lipinski definition) is 2. The van der Waals surface area contributed by atoms with Crippen LogP contribution in [0.4, 0.5) is 0 Å². The van der Waals surface area contributed by atoms with E-state index >= 15 is 0 Å². The highest BCUT2D eigenvalue weighted by molar-refractivity contribution is 5.77. The van der Waals surface area contributed by atoms with E-state index in [1.807, 2.05) is 0 Å². The predicted octanol–water partition coefficient (Wildman–Crippen LogP) is -0.189. The van der Waals surface area contributed by atoms with Gasteiger partial charge in [-0.1, -0.05) is 12.8 Å². The van der Waals surface area contributed by atoms with Crippen molar-refractivity contribution in [2.75, 3.05) is 33.4 Å². The summed E-state index contributed by atoms with van der Waals surface area (Å²) in [4.78, 5) is 21.9. The number of nitrogens with two attached hydrogens (primary N) is 1. The van der Waals surface area contributed by atoms with Gasteiger partial charge in [0, 0.05) is 7.05 Å². The molecular formula is C11H22N2O4. The summed E-state index contributed by atoms with van der Waals surface area (Å²) in [5, 5.41) is 2.38. The van der Waals surface area contributed by atoms with Gasteiger partial charge in [0.2, 0.25) is 5.91 Å². The second-order valence-electron chi connectivity index (χ2n) is 3.59. The standard InChI is InChI=1S/C11H22N2O4/c1-13-10(14)8-16-9-11(15)17-7-5-3-2-4-6-12/h2-9,12H2,1H3,(H,13,14). The topological polar surface area (TPSA) is 90.6 Å². The van der Waals surface area contributed by atoms with Crippen LogP contribution in [0.1, 0.15) is 25.7 Å². The van der Waals surface area contributed by atoms with Gasteiger partial charge in [0.05, 0.1) is 6.61 Å². The van der Waals surface area contributed by atoms with Gasteiger partial charge in [0.15, 0.2) is 0 Å². The summed E-state index contributed by atoms with van der Waals surface area (Å²) in [5.74, 6) is -0.702. The Hall–Kier alpha value is -1.14. The molecule has 0 aliphatic rings. The fourth-order valence-electron chi connectivity index (χ4n) is 1.13. The Kier molecular flexibility index (Phi) is 10.6. The lowest BCUT2D eigenvalue weighted by Crippen LogP contribution is -2.25. The summed E-state index contributed by atoms with van der Waals surface area (Å²) in [6, 6.07) is 0. The van der Waals surface area contributed by atoms with E-state index in [1.165, 1.54) is 7.05 Å². The van der Waals surface area contributed by atoms with Crippen molar-refractivity contribution in [1.29, 1.82) is 0 Å². The van der Waals surface area contributed by atoms with Crippen LogP contribution in [-0.4, -0.2) is 45.3 Å². The first-order valence-corrected chi connectivity index (χ1v) is 5.84. The molecule has 0 saturated heterocycles. The fourth-order valence-corrected chi connectivity index (χ4v) is 1.13. The van der Waals surface area contributed by atoms with Gasteiger partial charge < -0.3 is 20.5 Å². The van der Waals surface area contributed by atoms with Crippen molar-refractivity contribution >= 4 is 11.9 Å². The first-order valence-electron chi connectivity index (χ1n) is 5.84. The molecule has 6 heteroatoms. The Morgan fingerprint density at radius 1 is 1.12 bits per heavy atom. The number of ether oxygens (including phenoxy) is 2. The number of carbonyl (C=O) groups excluding carboxylic acids is 2. The molecule has 0 rings (SSSR count). The molecule has 0 atom stereocenters. The van der Waals surface area contributed by atoms with Gasteiger partial charge in [-0.25, -0.2) is 4.79 Å². The molecule has 6 nitrogen and oxygen atoms in total. The third kappa shape index (κ3) is 11.1. The highest BCUT2D eigenvalue weighted by Gasteiger charge is 2.04. The Bertz CT molecular complexity index is 222. The normalized spacial score (nSPS) is 10.0. The fraction of sp³-hybridized carbons (Fsp3) is 0.818. The highest BCUT2D eigenvalue weighted by atomic mass is 16.6. The molecule has 0 fully saturated rings. The lowest BCUT2D eigenvalue weighted by atomic mass is 10.2. The molecule has 0 aliphatic heterocycles. The van der Waals surface area contributed by atoms with Gasteiger partial charge in [-0.3, -0.25) is 4.79 Å². The molecule has 1 amide bonds. The second-order valence-corrected chi connectivity index (χ2v) is 3.59. The molecule has 17 heavy (non-hydrogen) atoms. The lowest BCUT2D eigenvalue weighted by molar-refractivity contribution is -0.150. The Morgan fingerprint density at radius 3 is 2.47 bits per heavy atom. The molecule has 0 aromatic carbocycles. The predicted molar refractivity (Wildman–Crippen MR) is 63.4 cm³/mol. The van der Waals surface area contributed by atoms with Crippen LogP contribution >= 0.6 is 0 Å². The monoisotopic (exact) mass is 246 g/mol. The van der Waals surface area contributed by atoms with E-state index in [9.17, 15) is 9.59 Å². The smallest absolute Gasteiger partial charge is 0.332 e. The molecule has 0 aliphatic carbocycles. The van der Waals surface area contributed by atoms with E-state index in [2.05, 4.69) is 5.32 Å². The van der Waals surface area contributed by atoms with Gasteiger partial charge in [-0.15, -0.1) is 0 Å². The summed E-state index contributed by atoms with van der Waals surface area (Å²) in [5.41, 5.74) is 5.35. The third-order valence-corrected chi connectivity index (χ3v) is 2.09. The number of nitrogens with one attached hydrogen (secondary N) is 1. The van der Waals surface area contributed by atoms with Crippen molar-refractivity contribution in [3.05, 3.63) is 0 Å². The SMILES string of the molecule is CNC(=O)COCC(=O)OCCCCCCN. The molecule has 0 aromatic rings. The average Bonchev–Trinajstić information content (AvgIpc) is 2.33. The van der Waals surface area contributed by atoms with E-state index in [0.29, 0.717) is 13.2 Å². The first kappa shape index (κ1) is 15.9. The van der Waals surface area contributed by atoms with E-state index < -0.39 is 5.97 Å². The zero-order chi connectivity index (χ0) is 12.9. The molecule has 100 valence electrons. The van der Waals surface area contributed by atoms with Gasteiger partial charge in [0.1, 0.15) is 13.2 Å². The average molecular weight is 246 g/mol. The van der Waals surface area contributed by atoms with Crippen molar-refractivity contribution in [1.82, 2.24) is 5.32 Å². The van der Waals surface area contributed by atoms with Crippen LogP contribution in [-0.2, 0) is 19.1 Å². The number of rotatable bonds is 10. The summed E-state index contributed by atoms with van der Waals surface area (Å²) < 4.78 is 9.75. The van der Waals surface area contributed by atoms with Crippen LogP contribution < -0.4 is 11.1 Å². The van der Waals surface area contributed by atoms with Gasteiger partial charge in [0.25, 0.3) is 0 Å². The van der Waals surface area contributed by atoms with Crippen LogP contribution in [0.3, 0.4) is 0 Å². The van der Waals surface area contributed by atoms with Crippen LogP contribution in [0, 0.1) is 0 Å². The summed E-state index contributed by atoms with van der Waals surface area (Å²) >= 11 is 0. The van der Waals surface area contributed by atoms with Gasteiger partial charge in [-0.2, -0.15) is 0 Å². The number of hydrogen-bond acceptors (Lipinski definition) is 5. The Labute approximate surface area is 102 Å². The minimum Gasteiger partial charge on any atom is -0.464 e. The lowest BCUT2D eigenvalue weighted by Gasteiger charge is -2.05. The van der Waals surface area contributed by atoms with Gasteiger partial charge >= 0.3 is 5.97 Å². The van der Waals surface area contributed by atoms with E-state index in [4.69, 9.17) is 15.2 Å². The highest BCUT2D eigenvalue weighted by Crippen LogP contribution is 1.98. The summed E-state index contributed by atoms with van der Waals surface area (Å²) in [7, 11) is 1.51. The Morgan fingerprint density at radius 2 is 1.82 bits per heavy atom.